The number of benzene rings is 1. The van der Waals surface area contributed by atoms with E-state index in [9.17, 15) is 0 Å². The second-order valence-corrected chi connectivity index (χ2v) is 6.39. The minimum absolute atomic E-state index is 0.722. The molecule has 0 aliphatic heterocycles. The molecule has 1 aromatic rings. The van der Waals surface area contributed by atoms with Gasteiger partial charge in [0.2, 0.25) is 0 Å². The minimum atomic E-state index is 0.722. The standard InChI is InChI=1S/C21H35/c1-3-5-6-7-8-9-10-11-12-14-17-20(4-2)21-18-15-13-16-19-21/h13,15-16,18,20H,3-12,14,17H2,1-2H3. The molecule has 0 bridgehead atoms. The zero-order valence-corrected chi connectivity index (χ0v) is 14.4. The molecule has 119 valence electrons. The van der Waals surface area contributed by atoms with Crippen LogP contribution in [0.4, 0.5) is 0 Å². The van der Waals surface area contributed by atoms with Crippen molar-refractivity contribution in [2.24, 2.45) is 0 Å². The van der Waals surface area contributed by atoms with Crippen molar-refractivity contribution in [1.29, 1.82) is 0 Å². The summed E-state index contributed by atoms with van der Waals surface area (Å²) in [5, 5.41) is 0. The largest absolute Gasteiger partial charge is 0.0654 e. The van der Waals surface area contributed by atoms with E-state index < -0.39 is 0 Å². The highest BCUT2D eigenvalue weighted by Crippen LogP contribution is 2.25. The van der Waals surface area contributed by atoms with Gasteiger partial charge in [-0.2, -0.15) is 0 Å². The Morgan fingerprint density at radius 1 is 0.810 bits per heavy atom. The smallest absolute Gasteiger partial charge is 0.0146 e. The normalized spacial score (nSPS) is 12.5. The van der Waals surface area contributed by atoms with Gasteiger partial charge >= 0.3 is 0 Å². The lowest BCUT2D eigenvalue weighted by molar-refractivity contribution is 0.517. The van der Waals surface area contributed by atoms with Gasteiger partial charge in [-0.1, -0.05) is 102 Å². The van der Waals surface area contributed by atoms with Crippen molar-refractivity contribution in [1.82, 2.24) is 0 Å². The van der Waals surface area contributed by atoms with Gasteiger partial charge in [0.05, 0.1) is 0 Å². The molecule has 0 heteroatoms. The van der Waals surface area contributed by atoms with Gasteiger partial charge in [0.1, 0.15) is 0 Å². The maximum Gasteiger partial charge on any atom is -0.0146 e. The van der Waals surface area contributed by atoms with E-state index >= 15 is 0 Å². The zero-order valence-electron chi connectivity index (χ0n) is 14.4. The van der Waals surface area contributed by atoms with Crippen molar-refractivity contribution in [2.45, 2.75) is 96.8 Å². The average Bonchev–Trinajstić information content (AvgIpc) is 2.54. The van der Waals surface area contributed by atoms with Gasteiger partial charge in [-0.25, -0.2) is 0 Å². The summed E-state index contributed by atoms with van der Waals surface area (Å²) in [6.45, 7) is 4.60. The summed E-state index contributed by atoms with van der Waals surface area (Å²) in [7, 11) is 0. The number of hydrogen-bond donors (Lipinski definition) is 0. The third-order valence-electron chi connectivity index (χ3n) is 4.57. The molecule has 0 fully saturated rings. The zero-order chi connectivity index (χ0) is 15.2. The van der Waals surface area contributed by atoms with Crippen LogP contribution >= 0.6 is 0 Å². The summed E-state index contributed by atoms with van der Waals surface area (Å²) < 4.78 is 0. The van der Waals surface area contributed by atoms with E-state index in [1.807, 2.05) is 0 Å². The molecule has 0 nitrogen and oxygen atoms in total. The van der Waals surface area contributed by atoms with E-state index in [-0.39, 0.29) is 0 Å². The lowest BCUT2D eigenvalue weighted by Crippen LogP contribution is -1.97. The summed E-state index contributed by atoms with van der Waals surface area (Å²) >= 11 is 0. The molecule has 0 amide bonds. The predicted molar refractivity (Wildman–Crippen MR) is 94.8 cm³/mol. The Kier molecular flexibility index (Phi) is 11.2. The van der Waals surface area contributed by atoms with E-state index in [0.29, 0.717) is 0 Å². The molecular weight excluding hydrogens is 252 g/mol. The minimum Gasteiger partial charge on any atom is -0.0654 e. The highest BCUT2D eigenvalue weighted by atomic mass is 14.1. The van der Waals surface area contributed by atoms with E-state index in [1.54, 1.807) is 0 Å². The Balaban J connectivity index is 1.98. The first-order valence-corrected chi connectivity index (χ1v) is 9.35. The Hall–Kier alpha value is -0.780. The Bertz CT molecular complexity index is 314. The molecule has 21 heavy (non-hydrogen) atoms. The van der Waals surface area contributed by atoms with Crippen LogP contribution in [0.1, 0.15) is 102 Å². The van der Waals surface area contributed by atoms with E-state index in [4.69, 9.17) is 0 Å². The fourth-order valence-corrected chi connectivity index (χ4v) is 3.12. The molecule has 0 saturated carbocycles. The van der Waals surface area contributed by atoms with Crippen molar-refractivity contribution >= 4 is 0 Å². The van der Waals surface area contributed by atoms with Gasteiger partial charge in [0.25, 0.3) is 0 Å². The van der Waals surface area contributed by atoms with E-state index in [2.05, 4.69) is 44.2 Å². The Morgan fingerprint density at radius 3 is 1.95 bits per heavy atom. The number of hydrogen-bond acceptors (Lipinski definition) is 0. The second-order valence-electron chi connectivity index (χ2n) is 6.39. The van der Waals surface area contributed by atoms with Gasteiger partial charge in [0, 0.05) is 0 Å². The first-order valence-electron chi connectivity index (χ1n) is 9.35. The molecule has 1 aromatic carbocycles. The fourth-order valence-electron chi connectivity index (χ4n) is 3.12. The topological polar surface area (TPSA) is 0 Å². The van der Waals surface area contributed by atoms with Crippen molar-refractivity contribution in [3.05, 3.63) is 35.9 Å². The van der Waals surface area contributed by atoms with Crippen LogP contribution in [0.15, 0.2) is 24.3 Å². The molecule has 0 aliphatic rings. The fraction of sp³-hybridized carbons (Fsp3) is 0.714. The van der Waals surface area contributed by atoms with Crippen LogP contribution in [-0.4, -0.2) is 0 Å². The lowest BCUT2D eigenvalue weighted by Gasteiger charge is -2.14. The van der Waals surface area contributed by atoms with Crippen molar-refractivity contribution < 1.29 is 0 Å². The molecule has 0 heterocycles. The van der Waals surface area contributed by atoms with E-state index in [1.165, 1.54) is 82.6 Å². The van der Waals surface area contributed by atoms with Crippen LogP contribution in [0, 0.1) is 6.07 Å². The summed E-state index contributed by atoms with van der Waals surface area (Å²) in [5.41, 5.74) is 1.41. The summed E-state index contributed by atoms with van der Waals surface area (Å²) in [6, 6.07) is 11.9. The summed E-state index contributed by atoms with van der Waals surface area (Å²) in [5.74, 6) is 0.722. The molecular formula is C21H35. The highest BCUT2D eigenvalue weighted by Gasteiger charge is 2.08. The molecule has 0 spiro atoms. The van der Waals surface area contributed by atoms with Crippen molar-refractivity contribution in [2.75, 3.05) is 0 Å². The lowest BCUT2D eigenvalue weighted by atomic mass is 9.91. The molecule has 1 radical (unpaired) electrons. The molecule has 1 rings (SSSR count). The van der Waals surface area contributed by atoms with Gasteiger partial charge in [-0.05, 0) is 30.4 Å². The van der Waals surface area contributed by atoms with E-state index in [0.717, 1.165) is 5.92 Å². The first kappa shape index (κ1) is 18.3. The molecule has 1 atom stereocenters. The quantitative estimate of drug-likeness (QED) is 0.334. The van der Waals surface area contributed by atoms with Crippen LogP contribution in [-0.2, 0) is 0 Å². The predicted octanol–water partition coefficient (Wildman–Crippen LogP) is 7.29. The summed E-state index contributed by atoms with van der Waals surface area (Å²) in [4.78, 5) is 0. The number of unbranched alkanes of at least 4 members (excludes halogenated alkanes) is 9. The Labute approximate surface area is 133 Å². The van der Waals surface area contributed by atoms with Gasteiger partial charge in [0.15, 0.2) is 0 Å². The molecule has 0 aromatic heterocycles. The maximum absolute atomic E-state index is 3.40. The van der Waals surface area contributed by atoms with Crippen molar-refractivity contribution in [3.8, 4) is 0 Å². The van der Waals surface area contributed by atoms with Crippen molar-refractivity contribution in [3.63, 3.8) is 0 Å². The molecule has 0 aliphatic carbocycles. The molecule has 0 saturated heterocycles. The number of rotatable bonds is 13. The third kappa shape index (κ3) is 8.96. The Morgan fingerprint density at radius 2 is 1.43 bits per heavy atom. The highest BCUT2D eigenvalue weighted by molar-refractivity contribution is 5.17. The first-order chi connectivity index (χ1) is 10.4. The molecule has 0 N–H and O–H groups in total. The molecule has 1 unspecified atom stereocenters. The second kappa shape index (κ2) is 12.9. The van der Waals surface area contributed by atoms with Crippen LogP contribution < -0.4 is 0 Å². The van der Waals surface area contributed by atoms with Gasteiger partial charge < -0.3 is 0 Å². The van der Waals surface area contributed by atoms with Crippen LogP contribution in [0.5, 0.6) is 0 Å². The average molecular weight is 288 g/mol. The maximum atomic E-state index is 3.40. The third-order valence-corrected chi connectivity index (χ3v) is 4.57. The van der Waals surface area contributed by atoms with Crippen LogP contribution in [0.2, 0.25) is 0 Å². The monoisotopic (exact) mass is 287 g/mol. The SMILES string of the molecule is CCCCCCCCCCCCC(CC)c1[c]cccc1. The van der Waals surface area contributed by atoms with Crippen LogP contribution in [0.25, 0.3) is 0 Å². The van der Waals surface area contributed by atoms with Gasteiger partial charge in [-0.15, -0.1) is 0 Å². The van der Waals surface area contributed by atoms with Gasteiger partial charge in [-0.3, -0.25) is 0 Å². The summed E-state index contributed by atoms with van der Waals surface area (Å²) in [6.07, 6.45) is 16.9. The van der Waals surface area contributed by atoms with Crippen LogP contribution in [0.3, 0.4) is 0 Å².